The van der Waals surface area contributed by atoms with E-state index in [1.54, 1.807) is 12.1 Å². The molecule has 0 unspecified atom stereocenters. The summed E-state index contributed by atoms with van der Waals surface area (Å²) in [7, 11) is 0. The van der Waals surface area contributed by atoms with Crippen LogP contribution in [-0.2, 0) is 0 Å². The summed E-state index contributed by atoms with van der Waals surface area (Å²) in [5.74, 6) is 0.397. The van der Waals surface area contributed by atoms with E-state index in [2.05, 4.69) is 31.2 Å². The molecule has 6 heteroatoms. The van der Waals surface area contributed by atoms with Crippen LogP contribution in [0.3, 0.4) is 0 Å². The molecule has 0 bridgehead atoms. The van der Waals surface area contributed by atoms with Gasteiger partial charge in [-0.15, -0.1) is 0 Å². The van der Waals surface area contributed by atoms with Crippen molar-refractivity contribution in [1.82, 2.24) is 9.97 Å². The Morgan fingerprint density at radius 1 is 1.25 bits per heavy atom. The average molecular weight is 283 g/mol. The van der Waals surface area contributed by atoms with Crippen molar-refractivity contribution in [2.24, 2.45) is 0 Å². The number of hydrogen-bond donors (Lipinski definition) is 2. The van der Waals surface area contributed by atoms with Gasteiger partial charge in [-0.3, -0.25) is 0 Å². The van der Waals surface area contributed by atoms with Gasteiger partial charge in [0.05, 0.1) is 18.1 Å². The molecule has 0 aliphatic carbocycles. The molecule has 16 heavy (non-hydrogen) atoms. The second kappa shape index (κ2) is 4.44. The fourth-order valence-corrected chi connectivity index (χ4v) is 1.49. The molecule has 2 aromatic rings. The zero-order chi connectivity index (χ0) is 11.5. The third-order valence-corrected chi connectivity index (χ3v) is 2.36. The molecule has 3 N–H and O–H groups in total. The largest absolute Gasteiger partial charge is 0.382 e. The Labute approximate surface area is 99.9 Å². The second-order valence-corrected chi connectivity index (χ2v) is 3.99. The van der Waals surface area contributed by atoms with Gasteiger partial charge in [0.1, 0.15) is 17.5 Å². The van der Waals surface area contributed by atoms with E-state index >= 15 is 0 Å². The van der Waals surface area contributed by atoms with Crippen LogP contribution in [0.5, 0.6) is 0 Å². The normalized spacial score (nSPS) is 10.1. The first-order valence-electron chi connectivity index (χ1n) is 4.45. The summed E-state index contributed by atoms with van der Waals surface area (Å²) in [5, 5.41) is 2.81. The molecule has 0 radical (unpaired) electrons. The lowest BCUT2D eigenvalue weighted by molar-refractivity contribution is 0.631. The van der Waals surface area contributed by atoms with Crippen LogP contribution in [0.1, 0.15) is 0 Å². The smallest absolute Gasteiger partial charge is 0.149 e. The van der Waals surface area contributed by atoms with Crippen molar-refractivity contribution < 1.29 is 4.39 Å². The van der Waals surface area contributed by atoms with Crippen molar-refractivity contribution in [2.45, 2.75) is 0 Å². The summed E-state index contributed by atoms with van der Waals surface area (Å²) in [6.45, 7) is 0. The third kappa shape index (κ3) is 2.46. The minimum absolute atomic E-state index is 0.320. The number of rotatable bonds is 2. The molecule has 0 saturated heterocycles. The lowest BCUT2D eigenvalue weighted by atomic mass is 10.3. The van der Waals surface area contributed by atoms with E-state index in [0.717, 1.165) is 4.47 Å². The van der Waals surface area contributed by atoms with E-state index in [-0.39, 0.29) is 5.82 Å². The monoisotopic (exact) mass is 282 g/mol. The maximum Gasteiger partial charge on any atom is 0.149 e. The van der Waals surface area contributed by atoms with Gasteiger partial charge in [-0.25, -0.2) is 14.4 Å². The molecule has 4 nitrogen and oxygen atoms in total. The summed E-state index contributed by atoms with van der Waals surface area (Å²) >= 11 is 3.26. The quantitative estimate of drug-likeness (QED) is 0.889. The molecular weight excluding hydrogens is 275 g/mol. The van der Waals surface area contributed by atoms with Crippen molar-refractivity contribution in [2.75, 3.05) is 11.1 Å². The van der Waals surface area contributed by atoms with Crippen molar-refractivity contribution in [1.29, 1.82) is 0 Å². The summed E-state index contributed by atoms with van der Waals surface area (Å²) in [5.41, 5.74) is 5.72. The van der Waals surface area contributed by atoms with Gasteiger partial charge in [-0.1, -0.05) is 15.9 Å². The predicted molar refractivity (Wildman–Crippen MR) is 63.8 cm³/mol. The number of nitrogens with two attached hydrogens (primary N) is 1. The highest BCUT2D eigenvalue weighted by Gasteiger charge is 2.03. The maximum absolute atomic E-state index is 13.4. The van der Waals surface area contributed by atoms with Crippen LogP contribution in [0.2, 0.25) is 0 Å². The standard InChI is InChI=1S/C10H8BrFN4/c11-6-1-2-7(12)8(3-6)16-10-5-14-9(13)4-15-10/h1-5H,(H2,13,14)(H,15,16). The van der Waals surface area contributed by atoms with Crippen LogP contribution < -0.4 is 11.1 Å². The van der Waals surface area contributed by atoms with Crippen LogP contribution in [0.4, 0.5) is 21.7 Å². The molecule has 1 aromatic heterocycles. The van der Waals surface area contributed by atoms with Crippen LogP contribution in [0, 0.1) is 5.82 Å². The van der Waals surface area contributed by atoms with E-state index in [1.807, 2.05) is 0 Å². The fraction of sp³-hybridized carbons (Fsp3) is 0. The molecule has 0 saturated carbocycles. The maximum atomic E-state index is 13.4. The fourth-order valence-electron chi connectivity index (χ4n) is 1.13. The molecule has 0 amide bonds. The summed E-state index contributed by atoms with van der Waals surface area (Å²) in [6.07, 6.45) is 2.84. The summed E-state index contributed by atoms with van der Waals surface area (Å²) in [4.78, 5) is 7.81. The highest BCUT2D eigenvalue weighted by atomic mass is 79.9. The van der Waals surface area contributed by atoms with Gasteiger partial charge in [-0.05, 0) is 18.2 Å². The summed E-state index contributed by atoms with van der Waals surface area (Å²) in [6, 6.07) is 4.60. The number of anilines is 3. The highest BCUT2D eigenvalue weighted by Crippen LogP contribution is 2.22. The van der Waals surface area contributed by atoms with Crippen LogP contribution >= 0.6 is 15.9 Å². The molecule has 1 aromatic carbocycles. The molecule has 0 aliphatic rings. The number of halogens is 2. The van der Waals surface area contributed by atoms with Crippen LogP contribution in [0.25, 0.3) is 0 Å². The van der Waals surface area contributed by atoms with Crippen molar-refractivity contribution >= 4 is 33.3 Å². The number of hydrogen-bond acceptors (Lipinski definition) is 4. The second-order valence-electron chi connectivity index (χ2n) is 3.08. The van der Waals surface area contributed by atoms with Crippen molar-refractivity contribution in [3.05, 3.63) is 40.9 Å². The Kier molecular flexibility index (Phi) is 3.00. The topological polar surface area (TPSA) is 63.8 Å². The molecule has 0 spiro atoms. The molecule has 0 atom stereocenters. The van der Waals surface area contributed by atoms with E-state index < -0.39 is 0 Å². The van der Waals surface area contributed by atoms with Gasteiger partial charge >= 0.3 is 0 Å². The van der Waals surface area contributed by atoms with Crippen molar-refractivity contribution in [3.63, 3.8) is 0 Å². The zero-order valence-corrected chi connectivity index (χ0v) is 9.70. The van der Waals surface area contributed by atoms with Gasteiger partial charge < -0.3 is 11.1 Å². The minimum atomic E-state index is -0.359. The Morgan fingerprint density at radius 3 is 2.75 bits per heavy atom. The lowest BCUT2D eigenvalue weighted by Crippen LogP contribution is -1.98. The molecule has 0 fully saturated rings. The Bertz CT molecular complexity index is 501. The lowest BCUT2D eigenvalue weighted by Gasteiger charge is -2.06. The SMILES string of the molecule is Nc1cnc(Nc2cc(Br)ccc2F)cn1. The number of nitrogens with one attached hydrogen (secondary N) is 1. The van der Waals surface area contributed by atoms with Gasteiger partial charge in [-0.2, -0.15) is 0 Å². The first-order chi connectivity index (χ1) is 7.65. The third-order valence-electron chi connectivity index (χ3n) is 1.86. The Morgan fingerprint density at radius 2 is 2.06 bits per heavy atom. The van der Waals surface area contributed by atoms with E-state index in [9.17, 15) is 4.39 Å². The predicted octanol–water partition coefficient (Wildman–Crippen LogP) is 2.70. The first-order valence-corrected chi connectivity index (χ1v) is 5.24. The minimum Gasteiger partial charge on any atom is -0.382 e. The van der Waals surface area contributed by atoms with Gasteiger partial charge in [0.2, 0.25) is 0 Å². The number of benzene rings is 1. The summed E-state index contributed by atoms with van der Waals surface area (Å²) < 4.78 is 14.2. The average Bonchev–Trinajstić information content (AvgIpc) is 2.27. The molecule has 1 heterocycles. The van der Waals surface area contributed by atoms with E-state index in [1.165, 1.54) is 18.5 Å². The van der Waals surface area contributed by atoms with Gasteiger partial charge in [0.15, 0.2) is 0 Å². The van der Waals surface area contributed by atoms with E-state index in [0.29, 0.717) is 17.3 Å². The van der Waals surface area contributed by atoms with Crippen LogP contribution in [-0.4, -0.2) is 9.97 Å². The molecular formula is C10H8BrFN4. The molecule has 82 valence electrons. The number of nitrogen functional groups attached to an aromatic ring is 1. The van der Waals surface area contributed by atoms with Crippen LogP contribution in [0.15, 0.2) is 35.1 Å². The zero-order valence-electron chi connectivity index (χ0n) is 8.11. The Balaban J connectivity index is 2.26. The van der Waals surface area contributed by atoms with Crippen molar-refractivity contribution in [3.8, 4) is 0 Å². The molecule has 0 aliphatic heterocycles. The Hall–Kier alpha value is -1.69. The number of nitrogens with zero attached hydrogens (tertiary/aromatic N) is 2. The van der Waals surface area contributed by atoms with E-state index in [4.69, 9.17) is 5.73 Å². The highest BCUT2D eigenvalue weighted by molar-refractivity contribution is 9.10. The first kappa shape index (κ1) is 10.8. The molecule has 2 rings (SSSR count). The number of aromatic nitrogens is 2. The van der Waals surface area contributed by atoms with Gasteiger partial charge in [0.25, 0.3) is 0 Å². The van der Waals surface area contributed by atoms with Gasteiger partial charge in [0, 0.05) is 4.47 Å².